The van der Waals surface area contributed by atoms with Gasteiger partial charge in [0.2, 0.25) is 5.82 Å². The number of nitrogens with one attached hydrogen (secondary N) is 4. The summed E-state index contributed by atoms with van der Waals surface area (Å²) in [7, 11) is 2.17. The van der Waals surface area contributed by atoms with Gasteiger partial charge in [-0.3, -0.25) is 4.72 Å². The van der Waals surface area contributed by atoms with Crippen molar-refractivity contribution in [2.45, 2.75) is 23.8 Å². The summed E-state index contributed by atoms with van der Waals surface area (Å²) >= 11 is 0. The number of hydrogen-bond acceptors (Lipinski definition) is 7. The number of rotatable bonds is 8. The lowest BCUT2D eigenvalue weighted by Gasteiger charge is -2.30. The quantitative estimate of drug-likeness (QED) is 0.255. The standard InChI is InChI=1S/C28H31N7O2S/c1-35-17-12-21(13-18-35)32-25-6-3-7-26-24(25)19-22(33-26)5-4-14-29-20-8-10-23(11-9-20)38(36)34-27-28(37-2)31-16-15-30-27/h3,6-11,15-16,19,21,29,32-33H,12-14,17-18H2,1-2H3,(H,30,34). The number of methoxy groups -OCH3 is 1. The molecule has 4 aromatic rings. The maximum absolute atomic E-state index is 12.7. The summed E-state index contributed by atoms with van der Waals surface area (Å²) in [4.78, 5) is 14.6. The molecule has 1 fully saturated rings. The Kier molecular flexibility index (Phi) is 8.06. The van der Waals surface area contributed by atoms with Gasteiger partial charge >= 0.3 is 0 Å². The van der Waals surface area contributed by atoms with E-state index >= 15 is 0 Å². The summed E-state index contributed by atoms with van der Waals surface area (Å²) in [5.41, 5.74) is 4.01. The fourth-order valence-corrected chi connectivity index (χ4v) is 5.21. The molecule has 3 heterocycles. The SMILES string of the molecule is COc1nccnc1NS(=O)c1ccc(NCC#Cc2cc3c(NC4CCN(C)CC4)cccc3[nH]2)cc1. The van der Waals surface area contributed by atoms with Crippen LogP contribution in [0.5, 0.6) is 5.88 Å². The summed E-state index contributed by atoms with van der Waals surface area (Å²) < 4.78 is 20.6. The molecule has 0 spiro atoms. The van der Waals surface area contributed by atoms with Crippen LogP contribution in [0.3, 0.4) is 0 Å². The Hall–Kier alpha value is -4.07. The minimum atomic E-state index is -1.50. The molecule has 5 rings (SSSR count). The van der Waals surface area contributed by atoms with Crippen molar-refractivity contribution in [1.29, 1.82) is 0 Å². The molecule has 0 aliphatic carbocycles. The molecule has 0 bridgehead atoms. The summed E-state index contributed by atoms with van der Waals surface area (Å²) in [6.45, 7) is 2.73. The fourth-order valence-electron chi connectivity index (χ4n) is 4.39. The van der Waals surface area contributed by atoms with Crippen LogP contribution in [-0.4, -0.2) is 63.9 Å². The number of H-pyrrole nitrogens is 1. The monoisotopic (exact) mass is 529 g/mol. The Morgan fingerprint density at radius 3 is 2.71 bits per heavy atom. The van der Waals surface area contributed by atoms with E-state index in [1.54, 1.807) is 12.1 Å². The average Bonchev–Trinajstić information content (AvgIpc) is 3.37. The van der Waals surface area contributed by atoms with Crippen molar-refractivity contribution in [3.05, 3.63) is 66.6 Å². The minimum Gasteiger partial charge on any atom is -0.478 e. The van der Waals surface area contributed by atoms with Crippen molar-refractivity contribution in [3.63, 3.8) is 0 Å². The van der Waals surface area contributed by atoms with Crippen LogP contribution in [0.2, 0.25) is 0 Å². The number of piperidine rings is 1. The first-order chi connectivity index (χ1) is 18.6. The molecule has 196 valence electrons. The molecule has 2 aromatic heterocycles. The largest absolute Gasteiger partial charge is 0.478 e. The summed E-state index contributed by atoms with van der Waals surface area (Å²) in [6, 6.07) is 16.2. The van der Waals surface area contributed by atoms with Crippen molar-refractivity contribution in [1.82, 2.24) is 19.9 Å². The molecular formula is C28H31N7O2S. The molecule has 1 unspecified atom stereocenters. The number of likely N-dealkylation sites (tertiary alicyclic amines) is 1. The summed E-state index contributed by atoms with van der Waals surface area (Å²) in [6.07, 6.45) is 5.33. The summed E-state index contributed by atoms with van der Waals surface area (Å²) in [5, 5.41) is 8.18. The van der Waals surface area contributed by atoms with Crippen molar-refractivity contribution < 1.29 is 8.95 Å². The second-order valence-corrected chi connectivity index (χ2v) is 10.3. The van der Waals surface area contributed by atoms with Crippen molar-refractivity contribution in [2.75, 3.05) is 49.1 Å². The van der Waals surface area contributed by atoms with Gasteiger partial charge in [-0.2, -0.15) is 0 Å². The molecule has 0 saturated carbocycles. The van der Waals surface area contributed by atoms with E-state index < -0.39 is 11.0 Å². The molecule has 10 heteroatoms. The summed E-state index contributed by atoms with van der Waals surface area (Å²) in [5.74, 6) is 7.02. The molecule has 0 radical (unpaired) electrons. The van der Waals surface area contributed by atoms with Crippen LogP contribution in [0.25, 0.3) is 10.9 Å². The Labute approximate surface area is 225 Å². The Bertz CT molecular complexity index is 1470. The minimum absolute atomic E-state index is 0.289. The van der Waals surface area contributed by atoms with Gasteiger partial charge in [-0.15, -0.1) is 0 Å². The average molecular weight is 530 g/mol. The normalized spacial score (nSPS) is 14.9. The first kappa shape index (κ1) is 25.6. The fraction of sp³-hybridized carbons (Fsp3) is 0.286. The molecule has 1 aliphatic rings. The highest BCUT2D eigenvalue weighted by atomic mass is 32.2. The maximum atomic E-state index is 12.7. The van der Waals surface area contributed by atoms with Crippen LogP contribution in [0.4, 0.5) is 17.2 Å². The number of aromatic amines is 1. The lowest BCUT2D eigenvalue weighted by Crippen LogP contribution is -2.36. The molecule has 2 aromatic carbocycles. The maximum Gasteiger partial charge on any atom is 0.258 e. The second-order valence-electron chi connectivity index (χ2n) is 9.14. The van der Waals surface area contributed by atoms with E-state index in [0.717, 1.165) is 48.5 Å². The zero-order valence-electron chi connectivity index (χ0n) is 21.5. The van der Waals surface area contributed by atoms with Crippen LogP contribution in [0, 0.1) is 11.8 Å². The van der Waals surface area contributed by atoms with Gasteiger partial charge in [-0.1, -0.05) is 12.0 Å². The van der Waals surface area contributed by atoms with E-state index in [1.807, 2.05) is 12.1 Å². The van der Waals surface area contributed by atoms with E-state index in [0.29, 0.717) is 23.3 Å². The second kappa shape index (κ2) is 12.0. The predicted octanol–water partition coefficient (Wildman–Crippen LogP) is 4.07. The van der Waals surface area contributed by atoms with Gasteiger partial charge in [0.25, 0.3) is 5.88 Å². The molecule has 1 aliphatic heterocycles. The molecule has 1 saturated heterocycles. The smallest absolute Gasteiger partial charge is 0.258 e. The van der Waals surface area contributed by atoms with Crippen LogP contribution >= 0.6 is 0 Å². The Balaban J connectivity index is 1.17. The van der Waals surface area contributed by atoms with Crippen LogP contribution in [0.1, 0.15) is 18.5 Å². The highest BCUT2D eigenvalue weighted by molar-refractivity contribution is 7.86. The number of aromatic nitrogens is 3. The van der Waals surface area contributed by atoms with E-state index in [-0.39, 0.29) is 5.88 Å². The first-order valence-corrected chi connectivity index (χ1v) is 13.7. The van der Waals surface area contributed by atoms with Crippen molar-refractivity contribution in [2.24, 2.45) is 0 Å². The van der Waals surface area contributed by atoms with Crippen LogP contribution in [-0.2, 0) is 11.0 Å². The molecule has 4 N–H and O–H groups in total. The van der Waals surface area contributed by atoms with Gasteiger partial charge in [-0.25, -0.2) is 14.2 Å². The number of fused-ring (bicyclic) bond motifs is 1. The Morgan fingerprint density at radius 2 is 1.92 bits per heavy atom. The van der Waals surface area contributed by atoms with Gasteiger partial charge in [-0.05, 0) is 81.4 Å². The number of ether oxygens (including phenoxy) is 1. The first-order valence-electron chi connectivity index (χ1n) is 12.5. The number of hydrogen-bond donors (Lipinski definition) is 4. The number of benzene rings is 2. The highest BCUT2D eigenvalue weighted by Gasteiger charge is 2.17. The van der Waals surface area contributed by atoms with E-state index in [2.05, 4.69) is 78.4 Å². The molecule has 1 atom stereocenters. The highest BCUT2D eigenvalue weighted by Crippen LogP contribution is 2.26. The third-order valence-corrected chi connectivity index (χ3v) is 7.54. The van der Waals surface area contributed by atoms with E-state index in [4.69, 9.17) is 4.74 Å². The van der Waals surface area contributed by atoms with Crippen molar-refractivity contribution in [3.8, 4) is 17.7 Å². The van der Waals surface area contributed by atoms with E-state index in [9.17, 15) is 4.21 Å². The van der Waals surface area contributed by atoms with Gasteiger partial charge in [0.15, 0.2) is 11.0 Å². The number of nitrogens with zero attached hydrogens (tertiary/aromatic N) is 3. The Morgan fingerprint density at radius 1 is 1.13 bits per heavy atom. The third kappa shape index (κ3) is 6.25. The van der Waals surface area contributed by atoms with Crippen LogP contribution < -0.4 is 20.1 Å². The van der Waals surface area contributed by atoms with E-state index in [1.165, 1.54) is 24.9 Å². The van der Waals surface area contributed by atoms with Gasteiger partial charge in [0, 0.05) is 40.7 Å². The van der Waals surface area contributed by atoms with Gasteiger partial charge in [0.05, 0.1) is 24.2 Å². The topological polar surface area (TPSA) is 107 Å². The third-order valence-electron chi connectivity index (χ3n) is 6.46. The zero-order valence-corrected chi connectivity index (χ0v) is 22.3. The molecule has 38 heavy (non-hydrogen) atoms. The zero-order chi connectivity index (χ0) is 26.3. The van der Waals surface area contributed by atoms with Crippen LogP contribution in [0.15, 0.2) is 65.8 Å². The van der Waals surface area contributed by atoms with Crippen molar-refractivity contribution >= 4 is 39.1 Å². The molecular weight excluding hydrogens is 498 g/mol. The van der Waals surface area contributed by atoms with Gasteiger partial charge < -0.3 is 25.3 Å². The lowest BCUT2D eigenvalue weighted by molar-refractivity contribution is 0.264. The number of anilines is 3. The predicted molar refractivity (Wildman–Crippen MR) is 153 cm³/mol. The lowest BCUT2D eigenvalue weighted by atomic mass is 10.0. The van der Waals surface area contributed by atoms with Gasteiger partial charge in [0.1, 0.15) is 0 Å². The molecule has 9 nitrogen and oxygen atoms in total. The molecule has 0 amide bonds.